The Morgan fingerprint density at radius 3 is 2.48 bits per heavy atom. The Morgan fingerprint density at radius 1 is 1.19 bits per heavy atom. The highest BCUT2D eigenvalue weighted by Crippen LogP contribution is 2.66. The molecule has 27 heavy (non-hydrogen) atoms. The van der Waals surface area contributed by atoms with Crippen LogP contribution in [-0.2, 0) is 14.3 Å². The molecule has 0 saturated heterocycles. The van der Waals surface area contributed by atoms with Gasteiger partial charge in [-0.2, -0.15) is 0 Å². The molecule has 0 N–H and O–H groups in total. The van der Waals surface area contributed by atoms with Crippen molar-refractivity contribution in [2.45, 2.75) is 53.1 Å². The SMILES string of the molecule is COc1cc(C=CC(=O)OC2CC3CCC2(C)C3(C)C)ccc1OC(C)=O. The molecule has 1 aromatic carbocycles. The van der Waals surface area contributed by atoms with Crippen LogP contribution in [0.1, 0.15) is 52.5 Å². The van der Waals surface area contributed by atoms with Crippen molar-refractivity contribution in [1.29, 1.82) is 0 Å². The third kappa shape index (κ3) is 3.47. The van der Waals surface area contributed by atoms with Gasteiger partial charge in [0.25, 0.3) is 0 Å². The van der Waals surface area contributed by atoms with Crippen LogP contribution in [0.3, 0.4) is 0 Å². The lowest BCUT2D eigenvalue weighted by Gasteiger charge is -2.38. The van der Waals surface area contributed by atoms with Crippen molar-refractivity contribution in [3.63, 3.8) is 0 Å². The molecule has 0 amide bonds. The first-order valence-electron chi connectivity index (χ1n) is 9.42. The maximum Gasteiger partial charge on any atom is 0.331 e. The third-order valence-corrected chi connectivity index (χ3v) is 6.83. The average Bonchev–Trinajstić information content (AvgIpc) is 2.94. The third-order valence-electron chi connectivity index (χ3n) is 6.83. The van der Waals surface area contributed by atoms with Gasteiger partial charge < -0.3 is 14.2 Å². The lowest BCUT2D eigenvalue weighted by atomic mass is 9.70. The fraction of sp³-hybridized carbons (Fsp3) is 0.545. The van der Waals surface area contributed by atoms with Gasteiger partial charge >= 0.3 is 11.9 Å². The monoisotopic (exact) mass is 372 g/mol. The largest absolute Gasteiger partial charge is 0.493 e. The quantitative estimate of drug-likeness (QED) is 0.436. The molecule has 0 radical (unpaired) electrons. The summed E-state index contributed by atoms with van der Waals surface area (Å²) in [5.74, 6) is 0.669. The van der Waals surface area contributed by atoms with Gasteiger partial charge in [-0.15, -0.1) is 0 Å². The predicted octanol–water partition coefficient (Wildman–Crippen LogP) is 4.39. The molecule has 2 aliphatic carbocycles. The van der Waals surface area contributed by atoms with E-state index in [1.54, 1.807) is 24.3 Å². The van der Waals surface area contributed by atoms with Crippen LogP contribution < -0.4 is 9.47 Å². The zero-order chi connectivity index (χ0) is 19.8. The van der Waals surface area contributed by atoms with E-state index in [4.69, 9.17) is 14.2 Å². The Bertz CT molecular complexity index is 779. The zero-order valence-corrected chi connectivity index (χ0v) is 16.7. The number of fused-ring (bicyclic) bond motifs is 2. The maximum atomic E-state index is 12.4. The first-order valence-corrected chi connectivity index (χ1v) is 9.42. The molecule has 3 unspecified atom stereocenters. The average molecular weight is 372 g/mol. The minimum absolute atomic E-state index is 0.0238. The molecular weight excluding hydrogens is 344 g/mol. The van der Waals surface area contributed by atoms with E-state index in [0.717, 1.165) is 18.4 Å². The molecule has 0 spiro atoms. The highest BCUT2D eigenvalue weighted by molar-refractivity contribution is 5.87. The standard InChI is InChI=1S/C22H28O5/c1-14(23)26-17-8-6-15(12-18(17)25-5)7-9-20(24)27-19-13-16-10-11-22(19,4)21(16,2)3/h6-9,12,16,19H,10-11,13H2,1-5H3. The Hall–Kier alpha value is -2.30. The van der Waals surface area contributed by atoms with Crippen LogP contribution in [0.15, 0.2) is 24.3 Å². The second-order valence-corrected chi connectivity index (χ2v) is 8.37. The summed E-state index contributed by atoms with van der Waals surface area (Å²) in [6.45, 7) is 8.18. The van der Waals surface area contributed by atoms with Gasteiger partial charge in [-0.1, -0.05) is 26.8 Å². The summed E-state index contributed by atoms with van der Waals surface area (Å²) in [4.78, 5) is 23.5. The first-order chi connectivity index (χ1) is 12.7. The normalized spacial score (nSPS) is 28.3. The van der Waals surface area contributed by atoms with E-state index >= 15 is 0 Å². The van der Waals surface area contributed by atoms with Crippen LogP contribution in [0.5, 0.6) is 11.5 Å². The molecule has 2 bridgehead atoms. The molecule has 0 aromatic heterocycles. The summed E-state index contributed by atoms with van der Waals surface area (Å²) < 4.78 is 16.1. The van der Waals surface area contributed by atoms with E-state index in [0.29, 0.717) is 17.4 Å². The summed E-state index contributed by atoms with van der Waals surface area (Å²) >= 11 is 0. The van der Waals surface area contributed by atoms with Crippen LogP contribution in [0.2, 0.25) is 0 Å². The number of carbonyl (C=O) groups excluding carboxylic acids is 2. The van der Waals surface area contributed by atoms with Crippen molar-refractivity contribution >= 4 is 18.0 Å². The van der Waals surface area contributed by atoms with Gasteiger partial charge in [0, 0.05) is 18.4 Å². The molecule has 5 nitrogen and oxygen atoms in total. The smallest absolute Gasteiger partial charge is 0.331 e. The van der Waals surface area contributed by atoms with Crippen molar-refractivity contribution in [2.75, 3.05) is 7.11 Å². The van der Waals surface area contributed by atoms with Crippen molar-refractivity contribution in [2.24, 2.45) is 16.7 Å². The maximum absolute atomic E-state index is 12.4. The van der Waals surface area contributed by atoms with Crippen molar-refractivity contribution in [1.82, 2.24) is 0 Å². The zero-order valence-electron chi connectivity index (χ0n) is 16.7. The minimum atomic E-state index is -0.414. The van der Waals surface area contributed by atoms with E-state index in [2.05, 4.69) is 20.8 Å². The number of hydrogen-bond acceptors (Lipinski definition) is 5. The molecule has 146 valence electrons. The molecule has 3 rings (SSSR count). The first kappa shape index (κ1) is 19.5. The number of carbonyl (C=O) groups is 2. The summed E-state index contributed by atoms with van der Waals surface area (Å²) in [5.41, 5.74) is 1.02. The van der Waals surface area contributed by atoms with Crippen molar-refractivity contribution in [3.05, 3.63) is 29.8 Å². The van der Waals surface area contributed by atoms with E-state index < -0.39 is 5.97 Å². The lowest BCUT2D eigenvalue weighted by Crippen LogP contribution is -2.38. The van der Waals surface area contributed by atoms with Crippen molar-refractivity contribution < 1.29 is 23.8 Å². The minimum Gasteiger partial charge on any atom is -0.493 e. The van der Waals surface area contributed by atoms with Crippen LogP contribution in [0.4, 0.5) is 0 Å². The van der Waals surface area contributed by atoms with Crippen molar-refractivity contribution in [3.8, 4) is 11.5 Å². The topological polar surface area (TPSA) is 61.8 Å². The highest BCUT2D eigenvalue weighted by Gasteiger charge is 2.62. The van der Waals surface area contributed by atoms with Gasteiger partial charge in [0.2, 0.25) is 0 Å². The molecular formula is C22H28O5. The van der Waals surface area contributed by atoms with Gasteiger partial charge in [-0.3, -0.25) is 4.79 Å². The molecule has 0 aliphatic heterocycles. The Labute approximate surface area is 160 Å². The fourth-order valence-corrected chi connectivity index (χ4v) is 4.68. The molecule has 5 heteroatoms. The highest BCUT2D eigenvalue weighted by atomic mass is 16.6. The van der Waals surface area contributed by atoms with Gasteiger partial charge in [-0.25, -0.2) is 4.79 Å². The van der Waals surface area contributed by atoms with Crippen LogP contribution in [0.25, 0.3) is 6.08 Å². The van der Waals surface area contributed by atoms with E-state index in [-0.39, 0.29) is 22.9 Å². The summed E-state index contributed by atoms with van der Waals surface area (Å²) in [7, 11) is 1.50. The van der Waals surface area contributed by atoms with E-state index in [9.17, 15) is 9.59 Å². The fourth-order valence-electron chi connectivity index (χ4n) is 4.68. The molecule has 2 fully saturated rings. The van der Waals surface area contributed by atoms with Gasteiger partial charge in [0.05, 0.1) is 7.11 Å². The number of benzene rings is 1. The number of esters is 2. The number of rotatable bonds is 5. The second kappa shape index (κ2) is 7.02. The molecule has 1 aromatic rings. The Morgan fingerprint density at radius 2 is 1.93 bits per heavy atom. The molecule has 0 heterocycles. The van der Waals surface area contributed by atoms with Crippen LogP contribution >= 0.6 is 0 Å². The van der Waals surface area contributed by atoms with E-state index in [1.165, 1.54) is 26.5 Å². The second-order valence-electron chi connectivity index (χ2n) is 8.37. The molecule has 2 aliphatic rings. The van der Waals surface area contributed by atoms with Crippen LogP contribution in [0, 0.1) is 16.7 Å². The van der Waals surface area contributed by atoms with Gasteiger partial charge in [0.15, 0.2) is 11.5 Å². The Kier molecular flexibility index (Phi) is 5.06. The molecule has 2 saturated carbocycles. The number of hydrogen-bond donors (Lipinski definition) is 0. The van der Waals surface area contributed by atoms with Crippen LogP contribution in [-0.4, -0.2) is 25.2 Å². The summed E-state index contributed by atoms with van der Waals surface area (Å²) in [6, 6.07) is 5.11. The summed E-state index contributed by atoms with van der Waals surface area (Å²) in [6.07, 6.45) is 6.40. The van der Waals surface area contributed by atoms with Gasteiger partial charge in [0.1, 0.15) is 6.10 Å². The Balaban J connectivity index is 1.66. The number of ether oxygens (including phenoxy) is 3. The lowest BCUT2D eigenvalue weighted by molar-refractivity contribution is -0.150. The predicted molar refractivity (Wildman–Crippen MR) is 102 cm³/mol. The summed E-state index contributed by atoms with van der Waals surface area (Å²) in [5, 5.41) is 0. The van der Waals surface area contributed by atoms with E-state index in [1.807, 2.05) is 0 Å². The molecule has 3 atom stereocenters. The number of methoxy groups -OCH3 is 1. The van der Waals surface area contributed by atoms with Gasteiger partial charge in [-0.05, 0) is 54.4 Å².